The first-order valence-corrected chi connectivity index (χ1v) is 9.26. The lowest BCUT2D eigenvalue weighted by molar-refractivity contribution is 0.0746. The SMILES string of the molecule is COc1ccc(-c2ncnc(N3CCN(C(=O)c4cccnc4)CC3)c2F)cc1. The Morgan fingerprint density at radius 3 is 2.48 bits per heavy atom. The molecule has 0 spiro atoms. The first-order valence-electron chi connectivity index (χ1n) is 9.26. The second-order valence-corrected chi connectivity index (χ2v) is 6.61. The number of carbonyl (C=O) groups excluding carboxylic acids is 1. The summed E-state index contributed by atoms with van der Waals surface area (Å²) in [4.78, 5) is 28.4. The van der Waals surface area contributed by atoms with Gasteiger partial charge in [0.25, 0.3) is 5.91 Å². The van der Waals surface area contributed by atoms with Crippen LogP contribution in [0.4, 0.5) is 10.2 Å². The Kier molecular flexibility index (Phi) is 5.33. The standard InChI is InChI=1S/C21H20FN5O2/c1-29-17-6-4-15(5-7-17)19-18(22)20(25-14-24-19)26-9-11-27(12-10-26)21(28)16-3-2-8-23-13-16/h2-8,13-14H,9-12H2,1H3. The molecule has 0 aliphatic carbocycles. The summed E-state index contributed by atoms with van der Waals surface area (Å²) < 4.78 is 20.3. The third kappa shape index (κ3) is 3.87. The van der Waals surface area contributed by atoms with Gasteiger partial charge in [-0.15, -0.1) is 0 Å². The number of benzene rings is 1. The highest BCUT2D eigenvalue weighted by Gasteiger charge is 2.26. The molecule has 4 rings (SSSR count). The van der Waals surface area contributed by atoms with Crippen molar-refractivity contribution < 1.29 is 13.9 Å². The van der Waals surface area contributed by atoms with Crippen LogP contribution in [0.3, 0.4) is 0 Å². The van der Waals surface area contributed by atoms with Crippen molar-refractivity contribution in [3.63, 3.8) is 0 Å². The van der Waals surface area contributed by atoms with Crippen LogP contribution >= 0.6 is 0 Å². The van der Waals surface area contributed by atoms with Crippen LogP contribution in [0.5, 0.6) is 5.75 Å². The number of rotatable bonds is 4. The summed E-state index contributed by atoms with van der Waals surface area (Å²) in [6, 6.07) is 10.5. The molecule has 3 heterocycles. The molecule has 0 saturated carbocycles. The molecule has 3 aromatic rings. The van der Waals surface area contributed by atoms with E-state index in [0.29, 0.717) is 43.1 Å². The van der Waals surface area contributed by atoms with E-state index in [4.69, 9.17) is 4.74 Å². The fourth-order valence-corrected chi connectivity index (χ4v) is 3.32. The lowest BCUT2D eigenvalue weighted by atomic mass is 10.1. The molecular formula is C21H20FN5O2. The van der Waals surface area contributed by atoms with Crippen molar-refractivity contribution in [1.82, 2.24) is 19.9 Å². The summed E-state index contributed by atoms with van der Waals surface area (Å²) in [6.07, 6.45) is 4.55. The summed E-state index contributed by atoms with van der Waals surface area (Å²) >= 11 is 0. The molecule has 8 heteroatoms. The molecule has 1 amide bonds. The molecule has 1 aromatic carbocycles. The summed E-state index contributed by atoms with van der Waals surface area (Å²) in [7, 11) is 1.58. The zero-order valence-corrected chi connectivity index (χ0v) is 16.0. The molecule has 1 aliphatic rings. The molecule has 0 atom stereocenters. The van der Waals surface area contributed by atoms with E-state index < -0.39 is 5.82 Å². The third-order valence-corrected chi connectivity index (χ3v) is 4.91. The van der Waals surface area contributed by atoms with Gasteiger partial charge in [0.1, 0.15) is 17.8 Å². The van der Waals surface area contributed by atoms with Gasteiger partial charge in [-0.25, -0.2) is 14.4 Å². The van der Waals surface area contributed by atoms with Crippen LogP contribution in [0.15, 0.2) is 55.1 Å². The predicted octanol–water partition coefficient (Wildman–Crippen LogP) is 2.65. The number of nitrogens with zero attached hydrogens (tertiary/aromatic N) is 5. The van der Waals surface area contributed by atoms with Crippen molar-refractivity contribution in [3.05, 3.63) is 66.5 Å². The Balaban J connectivity index is 1.49. The van der Waals surface area contributed by atoms with Gasteiger partial charge in [0.15, 0.2) is 11.6 Å². The minimum atomic E-state index is -0.468. The van der Waals surface area contributed by atoms with Crippen LogP contribution < -0.4 is 9.64 Å². The number of methoxy groups -OCH3 is 1. The molecule has 29 heavy (non-hydrogen) atoms. The summed E-state index contributed by atoms with van der Waals surface area (Å²) in [5.74, 6) is 0.404. The normalized spacial score (nSPS) is 14.0. The fourth-order valence-electron chi connectivity index (χ4n) is 3.32. The van der Waals surface area contributed by atoms with Gasteiger partial charge >= 0.3 is 0 Å². The quantitative estimate of drug-likeness (QED) is 0.679. The number of aromatic nitrogens is 3. The van der Waals surface area contributed by atoms with Crippen molar-refractivity contribution in [2.45, 2.75) is 0 Å². The van der Waals surface area contributed by atoms with E-state index >= 15 is 4.39 Å². The molecular weight excluding hydrogens is 373 g/mol. The van der Waals surface area contributed by atoms with Crippen LogP contribution in [0.2, 0.25) is 0 Å². The number of hydrogen-bond acceptors (Lipinski definition) is 6. The lowest BCUT2D eigenvalue weighted by Gasteiger charge is -2.35. The van der Waals surface area contributed by atoms with E-state index in [-0.39, 0.29) is 17.4 Å². The Hall–Kier alpha value is -3.55. The maximum Gasteiger partial charge on any atom is 0.255 e. The van der Waals surface area contributed by atoms with Crippen LogP contribution in [0, 0.1) is 5.82 Å². The number of carbonyl (C=O) groups is 1. The van der Waals surface area contributed by atoms with Gasteiger partial charge in [-0.3, -0.25) is 9.78 Å². The topological polar surface area (TPSA) is 71.5 Å². The second-order valence-electron chi connectivity index (χ2n) is 6.61. The van der Waals surface area contributed by atoms with Crippen molar-refractivity contribution in [2.75, 3.05) is 38.2 Å². The largest absolute Gasteiger partial charge is 0.497 e. The monoisotopic (exact) mass is 393 g/mol. The molecule has 1 aliphatic heterocycles. The van der Waals surface area contributed by atoms with Gasteiger partial charge in [-0.05, 0) is 36.4 Å². The Bertz CT molecular complexity index is 990. The van der Waals surface area contributed by atoms with Crippen molar-refractivity contribution in [3.8, 4) is 17.0 Å². The van der Waals surface area contributed by atoms with E-state index in [1.54, 1.807) is 60.8 Å². The van der Waals surface area contributed by atoms with E-state index in [2.05, 4.69) is 15.0 Å². The minimum Gasteiger partial charge on any atom is -0.497 e. The number of pyridine rings is 1. The first kappa shape index (κ1) is 18.8. The number of amides is 1. The van der Waals surface area contributed by atoms with Crippen LogP contribution in [-0.2, 0) is 0 Å². The third-order valence-electron chi connectivity index (χ3n) is 4.91. The maximum atomic E-state index is 15.2. The number of anilines is 1. The summed E-state index contributed by atoms with van der Waals surface area (Å²) in [5, 5.41) is 0. The van der Waals surface area contributed by atoms with Crippen molar-refractivity contribution >= 4 is 11.7 Å². The van der Waals surface area contributed by atoms with Crippen LogP contribution in [0.25, 0.3) is 11.3 Å². The Labute approximate surface area is 167 Å². The number of halogens is 1. The van der Waals surface area contributed by atoms with E-state index in [1.807, 2.05) is 4.90 Å². The van der Waals surface area contributed by atoms with Gasteiger partial charge in [0, 0.05) is 44.1 Å². The maximum absolute atomic E-state index is 15.2. The number of ether oxygens (including phenoxy) is 1. The summed E-state index contributed by atoms with van der Waals surface area (Å²) in [5.41, 5.74) is 1.44. The van der Waals surface area contributed by atoms with E-state index in [1.165, 1.54) is 6.33 Å². The second kappa shape index (κ2) is 8.22. The fraction of sp³-hybridized carbons (Fsp3) is 0.238. The molecule has 0 unspecified atom stereocenters. The predicted molar refractivity (Wildman–Crippen MR) is 106 cm³/mol. The average molecular weight is 393 g/mol. The minimum absolute atomic E-state index is 0.0696. The highest BCUT2D eigenvalue weighted by molar-refractivity contribution is 5.94. The molecule has 0 radical (unpaired) electrons. The molecule has 7 nitrogen and oxygen atoms in total. The smallest absolute Gasteiger partial charge is 0.255 e. The highest BCUT2D eigenvalue weighted by atomic mass is 19.1. The zero-order valence-electron chi connectivity index (χ0n) is 16.0. The Morgan fingerprint density at radius 2 is 1.83 bits per heavy atom. The van der Waals surface area contributed by atoms with Gasteiger partial charge < -0.3 is 14.5 Å². The van der Waals surface area contributed by atoms with Crippen molar-refractivity contribution in [1.29, 1.82) is 0 Å². The molecule has 0 bridgehead atoms. The summed E-state index contributed by atoms with van der Waals surface area (Å²) in [6.45, 7) is 1.94. The number of hydrogen-bond donors (Lipinski definition) is 0. The lowest BCUT2D eigenvalue weighted by Crippen LogP contribution is -2.49. The molecule has 1 saturated heterocycles. The van der Waals surface area contributed by atoms with Crippen LogP contribution in [0.1, 0.15) is 10.4 Å². The molecule has 0 N–H and O–H groups in total. The number of piperazine rings is 1. The average Bonchev–Trinajstić information content (AvgIpc) is 2.80. The molecule has 148 valence electrons. The first-order chi connectivity index (χ1) is 14.2. The highest BCUT2D eigenvalue weighted by Crippen LogP contribution is 2.28. The van der Waals surface area contributed by atoms with Crippen molar-refractivity contribution in [2.24, 2.45) is 0 Å². The van der Waals surface area contributed by atoms with Gasteiger partial charge in [0.2, 0.25) is 0 Å². The molecule has 2 aromatic heterocycles. The van der Waals surface area contributed by atoms with E-state index in [0.717, 1.165) is 0 Å². The molecule has 1 fully saturated rings. The zero-order chi connectivity index (χ0) is 20.2. The van der Waals surface area contributed by atoms with Gasteiger partial charge in [-0.2, -0.15) is 0 Å². The van der Waals surface area contributed by atoms with Gasteiger partial charge in [-0.1, -0.05) is 0 Å². The van der Waals surface area contributed by atoms with Gasteiger partial charge in [0.05, 0.1) is 12.7 Å². The van der Waals surface area contributed by atoms with E-state index in [9.17, 15) is 4.79 Å². The van der Waals surface area contributed by atoms with Crippen LogP contribution in [-0.4, -0.2) is 59.0 Å². The Morgan fingerprint density at radius 1 is 1.07 bits per heavy atom.